The quantitative estimate of drug-likeness (QED) is 0.0422. The number of carbonyl (C=O) groups excluding carboxylic acids is 1. The van der Waals surface area contributed by atoms with Gasteiger partial charge >= 0.3 is 0 Å². The molecule has 2 unspecified atom stereocenters. The van der Waals surface area contributed by atoms with E-state index in [9.17, 15) is 20.1 Å². The predicted molar refractivity (Wildman–Crippen MR) is 260 cm³/mol. The molecule has 0 aliphatic heterocycles. The Morgan fingerprint density at radius 1 is 0.390 bits per heavy atom. The van der Waals surface area contributed by atoms with Gasteiger partial charge in [-0.05, 0) is 83.5 Å². The molecule has 0 saturated carbocycles. The van der Waals surface area contributed by atoms with Crippen LogP contribution in [-0.4, -0.2) is 38.9 Å². The second-order valence-electron chi connectivity index (χ2n) is 18.1. The highest BCUT2D eigenvalue weighted by atomic mass is 16.4. The minimum atomic E-state index is -1.51. The van der Waals surface area contributed by atoms with Gasteiger partial charge in [0.05, 0.1) is 5.60 Å². The van der Waals surface area contributed by atoms with E-state index in [1.807, 2.05) is 0 Å². The highest BCUT2D eigenvalue weighted by Crippen LogP contribution is 2.30. The fraction of sp³-hybridized carbons (Fsp3) is 0.836. The van der Waals surface area contributed by atoms with Crippen LogP contribution in [0.4, 0.5) is 0 Å². The number of rotatable bonds is 47. The minimum Gasteiger partial charge on any atom is -0.387 e. The van der Waals surface area contributed by atoms with Crippen LogP contribution in [0.1, 0.15) is 278 Å². The van der Waals surface area contributed by atoms with Gasteiger partial charge in [0.25, 0.3) is 0 Å². The molecule has 4 heteroatoms. The van der Waals surface area contributed by atoms with E-state index in [1.54, 1.807) is 0 Å². The molecular weight excluding hydrogens is 725 g/mol. The van der Waals surface area contributed by atoms with Crippen molar-refractivity contribution in [1.82, 2.24) is 0 Å². The minimum absolute atomic E-state index is 0.280. The molecule has 0 aromatic rings. The van der Waals surface area contributed by atoms with Gasteiger partial charge in [0.1, 0.15) is 12.2 Å². The molecule has 346 valence electrons. The van der Waals surface area contributed by atoms with E-state index in [1.165, 1.54) is 154 Å². The normalized spacial score (nSPS) is 13.6. The van der Waals surface area contributed by atoms with Crippen LogP contribution in [0.15, 0.2) is 48.6 Å². The number of allylic oxidation sites excluding steroid dienone is 8. The second kappa shape index (κ2) is 46.0. The molecule has 0 aromatic heterocycles. The molecule has 0 heterocycles. The number of aliphatic hydroxyl groups is 3. The van der Waals surface area contributed by atoms with Crippen LogP contribution in [0.5, 0.6) is 0 Å². The summed E-state index contributed by atoms with van der Waals surface area (Å²) in [5.74, 6) is -0.312. The van der Waals surface area contributed by atoms with Gasteiger partial charge in [0, 0.05) is 6.42 Å². The van der Waals surface area contributed by atoms with Crippen molar-refractivity contribution in [3.63, 3.8) is 0 Å². The number of unbranched alkanes of at least 4 members (excludes halogenated alkanes) is 30. The molecule has 3 N–H and O–H groups in total. The molecule has 59 heavy (non-hydrogen) atoms. The maximum atomic E-state index is 13.0. The van der Waals surface area contributed by atoms with Gasteiger partial charge in [-0.15, -0.1) is 0 Å². The van der Waals surface area contributed by atoms with Crippen molar-refractivity contribution >= 4 is 5.78 Å². The van der Waals surface area contributed by atoms with Gasteiger partial charge in [-0.2, -0.15) is 0 Å². The predicted octanol–water partition coefficient (Wildman–Crippen LogP) is 16.9. The summed E-state index contributed by atoms with van der Waals surface area (Å²) in [5.41, 5.74) is -1.42. The smallest absolute Gasteiger partial charge is 0.164 e. The molecule has 0 aromatic carbocycles. The first-order valence-corrected chi connectivity index (χ1v) is 26.1. The van der Waals surface area contributed by atoms with Crippen LogP contribution in [0.25, 0.3) is 0 Å². The Hall–Kier alpha value is -1.49. The molecule has 0 spiro atoms. The Kier molecular flexibility index (Phi) is 44.9. The summed E-state index contributed by atoms with van der Waals surface area (Å²) in [4.78, 5) is 13.0. The zero-order chi connectivity index (χ0) is 43.2. The number of aliphatic hydroxyl groups excluding tert-OH is 2. The van der Waals surface area contributed by atoms with E-state index >= 15 is 0 Å². The molecule has 2 atom stereocenters. The molecule has 0 radical (unpaired) electrons. The number of ketones is 1. The standard InChI is InChI=1S/C55H102O4/c1-4-7-10-13-16-19-22-25-27-29-32-35-38-41-44-47-50-55(59,51-48-45-42-39-36-33-30-28-26-23-20-17-14-11-8-5-2)54(58)53(57)52(56)49-46-43-40-37-34-31-24-21-18-15-12-9-6-3/h16-17,19-20,25-28,53-54,57-59H,4-15,18,21-24,29-51H2,1-3H3/b19-16-,20-17-,27-25-,28-26-. The van der Waals surface area contributed by atoms with Crippen molar-refractivity contribution in [3.05, 3.63) is 48.6 Å². The van der Waals surface area contributed by atoms with Crippen LogP contribution in [0.2, 0.25) is 0 Å². The highest BCUT2D eigenvalue weighted by Gasteiger charge is 2.41. The first-order valence-electron chi connectivity index (χ1n) is 26.1. The lowest BCUT2D eigenvalue weighted by molar-refractivity contribution is -0.156. The first-order chi connectivity index (χ1) is 28.9. The van der Waals surface area contributed by atoms with E-state index in [0.717, 1.165) is 83.5 Å². The van der Waals surface area contributed by atoms with E-state index < -0.39 is 17.8 Å². The fourth-order valence-corrected chi connectivity index (χ4v) is 8.19. The lowest BCUT2D eigenvalue weighted by Crippen LogP contribution is -2.51. The SMILES string of the molecule is CCCCC/C=C\C/C=C\CCCCCCCCC(O)(CCCCCCCC/C=C\C/C=C\CCCCC)C(O)C(O)C(=O)CCCCCCCCCCCCCCC. The van der Waals surface area contributed by atoms with Gasteiger partial charge < -0.3 is 15.3 Å². The van der Waals surface area contributed by atoms with Crippen molar-refractivity contribution in [2.45, 2.75) is 295 Å². The van der Waals surface area contributed by atoms with Crippen molar-refractivity contribution in [1.29, 1.82) is 0 Å². The number of carbonyl (C=O) groups is 1. The van der Waals surface area contributed by atoms with Gasteiger partial charge in [-0.3, -0.25) is 4.79 Å². The lowest BCUT2D eigenvalue weighted by atomic mass is 9.81. The molecule has 0 fully saturated rings. The summed E-state index contributed by atoms with van der Waals surface area (Å²) in [7, 11) is 0. The van der Waals surface area contributed by atoms with E-state index in [2.05, 4.69) is 69.4 Å². The molecule has 0 saturated heterocycles. The zero-order valence-corrected chi connectivity index (χ0v) is 39.8. The van der Waals surface area contributed by atoms with Crippen molar-refractivity contribution in [2.24, 2.45) is 0 Å². The van der Waals surface area contributed by atoms with Gasteiger partial charge in [0.2, 0.25) is 0 Å². The van der Waals surface area contributed by atoms with Crippen molar-refractivity contribution < 1.29 is 20.1 Å². The molecule has 0 amide bonds. The van der Waals surface area contributed by atoms with Crippen LogP contribution in [0, 0.1) is 0 Å². The van der Waals surface area contributed by atoms with E-state index in [0.29, 0.717) is 12.8 Å². The summed E-state index contributed by atoms with van der Waals surface area (Å²) in [5, 5.41) is 34.2. The Morgan fingerprint density at radius 2 is 0.661 bits per heavy atom. The Bertz CT molecular complexity index is 932. The molecule has 0 aliphatic carbocycles. The third-order valence-corrected chi connectivity index (χ3v) is 12.3. The fourth-order valence-electron chi connectivity index (χ4n) is 8.19. The van der Waals surface area contributed by atoms with Gasteiger partial charge in [0.15, 0.2) is 5.78 Å². The Labute approximate surface area is 368 Å². The molecular formula is C55H102O4. The second-order valence-corrected chi connectivity index (χ2v) is 18.1. The number of hydrogen-bond acceptors (Lipinski definition) is 4. The maximum absolute atomic E-state index is 13.0. The van der Waals surface area contributed by atoms with Crippen LogP contribution in [0.3, 0.4) is 0 Å². The molecule has 0 aliphatic rings. The third kappa shape index (κ3) is 39.1. The largest absolute Gasteiger partial charge is 0.387 e. The summed E-state index contributed by atoms with van der Waals surface area (Å²) in [6.45, 7) is 6.76. The Balaban J connectivity index is 4.58. The van der Waals surface area contributed by atoms with E-state index in [-0.39, 0.29) is 12.2 Å². The van der Waals surface area contributed by atoms with Gasteiger partial charge in [-0.1, -0.05) is 236 Å². The van der Waals surface area contributed by atoms with Gasteiger partial charge in [-0.25, -0.2) is 0 Å². The van der Waals surface area contributed by atoms with Crippen LogP contribution >= 0.6 is 0 Å². The van der Waals surface area contributed by atoms with Crippen LogP contribution in [-0.2, 0) is 4.79 Å². The molecule has 4 nitrogen and oxygen atoms in total. The summed E-state index contributed by atoms with van der Waals surface area (Å²) in [6, 6.07) is 0. The number of hydrogen-bond donors (Lipinski definition) is 3. The molecule has 0 bridgehead atoms. The highest BCUT2D eigenvalue weighted by molar-refractivity contribution is 5.83. The average Bonchev–Trinajstić information content (AvgIpc) is 3.24. The number of Topliss-reactive ketones (excluding diaryl/α,β-unsaturated/α-hetero) is 1. The van der Waals surface area contributed by atoms with Crippen molar-refractivity contribution in [3.8, 4) is 0 Å². The topological polar surface area (TPSA) is 77.8 Å². The van der Waals surface area contributed by atoms with Crippen LogP contribution < -0.4 is 0 Å². The van der Waals surface area contributed by atoms with E-state index in [4.69, 9.17) is 0 Å². The monoisotopic (exact) mass is 827 g/mol. The summed E-state index contributed by atoms with van der Waals surface area (Å²) in [6.07, 6.45) is 60.4. The first kappa shape index (κ1) is 57.5. The summed E-state index contributed by atoms with van der Waals surface area (Å²) < 4.78 is 0. The maximum Gasteiger partial charge on any atom is 0.164 e. The third-order valence-electron chi connectivity index (χ3n) is 12.3. The average molecular weight is 827 g/mol. The van der Waals surface area contributed by atoms with Crippen molar-refractivity contribution in [2.75, 3.05) is 0 Å². The molecule has 0 rings (SSSR count). The lowest BCUT2D eigenvalue weighted by Gasteiger charge is -2.35. The summed E-state index contributed by atoms with van der Waals surface area (Å²) >= 11 is 0. The zero-order valence-electron chi connectivity index (χ0n) is 39.8. The Morgan fingerprint density at radius 3 is 1.02 bits per heavy atom.